The first-order chi connectivity index (χ1) is 12.4. The van der Waals surface area contributed by atoms with E-state index in [-0.39, 0.29) is 22.3 Å². The molecular weight excluding hydrogens is 385 g/mol. The summed E-state index contributed by atoms with van der Waals surface area (Å²) in [7, 11) is 0. The highest BCUT2D eigenvalue weighted by Gasteiger charge is 2.19. The van der Waals surface area contributed by atoms with E-state index in [0.29, 0.717) is 16.9 Å². The summed E-state index contributed by atoms with van der Waals surface area (Å²) in [5, 5.41) is 4.27. The monoisotopic (exact) mass is 396 g/mol. The second-order valence-corrected chi connectivity index (χ2v) is 6.15. The van der Waals surface area contributed by atoms with E-state index in [9.17, 15) is 13.6 Å². The van der Waals surface area contributed by atoms with E-state index in [1.807, 2.05) is 0 Å². The summed E-state index contributed by atoms with van der Waals surface area (Å²) in [6.07, 6.45) is 0. The van der Waals surface area contributed by atoms with Gasteiger partial charge in [-0.05, 0) is 49.4 Å². The number of aromatic nitrogens is 2. The minimum absolute atomic E-state index is 0.0164. The zero-order chi connectivity index (χ0) is 18.8. The Balaban J connectivity index is 2.20. The zero-order valence-electron chi connectivity index (χ0n) is 13.5. The van der Waals surface area contributed by atoms with Crippen molar-refractivity contribution in [2.75, 3.05) is 6.61 Å². The molecule has 0 unspecified atom stereocenters. The molecule has 0 aliphatic rings. The van der Waals surface area contributed by atoms with Crippen LogP contribution >= 0.6 is 23.2 Å². The molecule has 134 valence electrons. The number of rotatable bonds is 4. The predicted molar refractivity (Wildman–Crippen MR) is 94.9 cm³/mol. The Morgan fingerprint density at radius 3 is 2.58 bits per heavy atom. The van der Waals surface area contributed by atoms with Gasteiger partial charge in [-0.2, -0.15) is 5.10 Å². The quantitative estimate of drug-likeness (QED) is 0.561. The molecule has 0 aliphatic carbocycles. The van der Waals surface area contributed by atoms with Gasteiger partial charge in [0.05, 0.1) is 23.0 Å². The third kappa shape index (κ3) is 3.71. The molecule has 0 spiro atoms. The molecule has 0 amide bonds. The fourth-order valence-electron chi connectivity index (χ4n) is 2.41. The maximum absolute atomic E-state index is 13.8. The molecule has 0 radical (unpaired) electrons. The Morgan fingerprint density at radius 1 is 1.15 bits per heavy atom. The molecule has 1 heterocycles. The van der Waals surface area contributed by atoms with E-state index in [1.165, 1.54) is 41.1 Å². The Hall–Kier alpha value is -2.44. The molecule has 1 aromatic heterocycles. The van der Waals surface area contributed by atoms with Crippen molar-refractivity contribution in [3.05, 3.63) is 69.8 Å². The number of carbonyl (C=O) groups is 1. The summed E-state index contributed by atoms with van der Waals surface area (Å²) >= 11 is 11.8. The van der Waals surface area contributed by atoms with Crippen molar-refractivity contribution in [3.63, 3.8) is 0 Å². The van der Waals surface area contributed by atoms with Crippen molar-refractivity contribution in [1.29, 1.82) is 0 Å². The molecule has 0 saturated heterocycles. The summed E-state index contributed by atoms with van der Waals surface area (Å²) in [4.78, 5) is 12.0. The van der Waals surface area contributed by atoms with Gasteiger partial charge in [-0.3, -0.25) is 0 Å². The first kappa shape index (κ1) is 18.4. The molecule has 4 nitrogen and oxygen atoms in total. The van der Waals surface area contributed by atoms with Gasteiger partial charge in [-0.15, -0.1) is 0 Å². The van der Waals surface area contributed by atoms with Gasteiger partial charge in [0.15, 0.2) is 5.69 Å². The highest BCUT2D eigenvalue weighted by atomic mass is 35.5. The molecule has 0 N–H and O–H groups in total. The summed E-state index contributed by atoms with van der Waals surface area (Å²) in [6.45, 7) is 1.84. The molecule has 26 heavy (non-hydrogen) atoms. The average molecular weight is 397 g/mol. The lowest BCUT2D eigenvalue weighted by molar-refractivity contribution is 0.0519. The predicted octanol–water partition coefficient (Wildman–Crippen LogP) is 5.30. The minimum Gasteiger partial charge on any atom is -0.461 e. The number of carbonyl (C=O) groups excluding carboxylic acids is 1. The van der Waals surface area contributed by atoms with E-state index in [0.717, 1.165) is 6.07 Å². The average Bonchev–Trinajstić information content (AvgIpc) is 3.02. The SMILES string of the molecule is CCOC(=O)c1cc(-c2cc(F)cc(Cl)c2)n(-c2ccc(F)c(Cl)c2)n1. The first-order valence-electron chi connectivity index (χ1n) is 7.58. The van der Waals surface area contributed by atoms with Gasteiger partial charge < -0.3 is 4.74 Å². The molecule has 0 fully saturated rings. The maximum atomic E-state index is 13.8. The molecule has 3 rings (SSSR count). The van der Waals surface area contributed by atoms with Crippen molar-refractivity contribution in [2.45, 2.75) is 6.92 Å². The number of halogens is 4. The lowest BCUT2D eigenvalue weighted by Crippen LogP contribution is -2.07. The lowest BCUT2D eigenvalue weighted by atomic mass is 10.1. The molecule has 2 aromatic carbocycles. The molecule has 3 aromatic rings. The van der Waals surface area contributed by atoms with Crippen LogP contribution in [0.3, 0.4) is 0 Å². The number of hydrogen-bond donors (Lipinski definition) is 0. The van der Waals surface area contributed by atoms with Crippen LogP contribution in [-0.4, -0.2) is 22.4 Å². The Bertz CT molecular complexity index is 969. The van der Waals surface area contributed by atoms with Crippen molar-refractivity contribution in [1.82, 2.24) is 9.78 Å². The third-order valence-corrected chi connectivity index (χ3v) is 4.01. The minimum atomic E-state index is -0.636. The van der Waals surface area contributed by atoms with Crippen LogP contribution in [0.15, 0.2) is 42.5 Å². The fraction of sp³-hybridized carbons (Fsp3) is 0.111. The van der Waals surface area contributed by atoms with Gasteiger partial charge in [-0.1, -0.05) is 23.2 Å². The number of nitrogens with zero attached hydrogens (tertiary/aromatic N) is 2. The molecule has 8 heteroatoms. The molecular formula is C18H12Cl2F2N2O2. The number of hydrogen-bond acceptors (Lipinski definition) is 3. The zero-order valence-corrected chi connectivity index (χ0v) is 15.0. The van der Waals surface area contributed by atoms with Gasteiger partial charge in [0.2, 0.25) is 0 Å². The summed E-state index contributed by atoms with van der Waals surface area (Å²) in [5.41, 5.74) is 1.17. The normalized spacial score (nSPS) is 10.8. The van der Waals surface area contributed by atoms with Crippen LogP contribution in [0.4, 0.5) is 8.78 Å². The number of ether oxygens (including phenoxy) is 1. The number of benzene rings is 2. The van der Waals surface area contributed by atoms with Crippen molar-refractivity contribution >= 4 is 29.2 Å². The van der Waals surface area contributed by atoms with Gasteiger partial charge in [-0.25, -0.2) is 18.3 Å². The lowest BCUT2D eigenvalue weighted by Gasteiger charge is -2.09. The first-order valence-corrected chi connectivity index (χ1v) is 8.33. The van der Waals surface area contributed by atoms with E-state index < -0.39 is 17.6 Å². The van der Waals surface area contributed by atoms with Crippen LogP contribution in [0, 0.1) is 11.6 Å². The van der Waals surface area contributed by atoms with Gasteiger partial charge in [0, 0.05) is 10.6 Å². The van der Waals surface area contributed by atoms with Crippen LogP contribution in [-0.2, 0) is 4.74 Å². The van der Waals surface area contributed by atoms with E-state index in [4.69, 9.17) is 27.9 Å². The number of esters is 1. The van der Waals surface area contributed by atoms with Crippen LogP contribution in [0.1, 0.15) is 17.4 Å². The van der Waals surface area contributed by atoms with E-state index in [2.05, 4.69) is 5.10 Å². The van der Waals surface area contributed by atoms with Crippen molar-refractivity contribution in [2.24, 2.45) is 0 Å². The Kier molecular flexibility index (Phi) is 5.25. The fourth-order valence-corrected chi connectivity index (χ4v) is 2.80. The Labute approximate surface area is 157 Å². The summed E-state index contributed by atoms with van der Waals surface area (Å²) in [6, 6.07) is 9.34. The molecule has 0 saturated carbocycles. The van der Waals surface area contributed by atoms with Crippen LogP contribution in [0.2, 0.25) is 10.0 Å². The van der Waals surface area contributed by atoms with Gasteiger partial charge in [0.1, 0.15) is 11.6 Å². The molecule has 0 aliphatic heterocycles. The highest BCUT2D eigenvalue weighted by Crippen LogP contribution is 2.29. The molecule has 0 atom stereocenters. The largest absolute Gasteiger partial charge is 0.461 e. The van der Waals surface area contributed by atoms with Crippen LogP contribution < -0.4 is 0 Å². The summed E-state index contributed by atoms with van der Waals surface area (Å²) < 4.78 is 33.6. The topological polar surface area (TPSA) is 44.1 Å². The van der Waals surface area contributed by atoms with Crippen molar-refractivity contribution in [3.8, 4) is 16.9 Å². The summed E-state index contributed by atoms with van der Waals surface area (Å²) in [5.74, 6) is -1.78. The maximum Gasteiger partial charge on any atom is 0.358 e. The van der Waals surface area contributed by atoms with Crippen LogP contribution in [0.25, 0.3) is 16.9 Å². The standard InChI is InChI=1S/C18H12Cl2F2N2O2/c1-2-26-18(25)16-9-17(10-5-11(19)7-12(21)6-10)24(23-16)13-3-4-15(22)14(20)8-13/h3-9H,2H2,1H3. The van der Waals surface area contributed by atoms with E-state index >= 15 is 0 Å². The second-order valence-electron chi connectivity index (χ2n) is 5.30. The third-order valence-electron chi connectivity index (χ3n) is 3.50. The van der Waals surface area contributed by atoms with Gasteiger partial charge in [0.25, 0.3) is 0 Å². The highest BCUT2D eigenvalue weighted by molar-refractivity contribution is 6.31. The second kappa shape index (κ2) is 7.43. The smallest absolute Gasteiger partial charge is 0.358 e. The van der Waals surface area contributed by atoms with Crippen LogP contribution in [0.5, 0.6) is 0 Å². The van der Waals surface area contributed by atoms with E-state index in [1.54, 1.807) is 6.92 Å². The Morgan fingerprint density at radius 2 is 1.92 bits per heavy atom. The van der Waals surface area contributed by atoms with Crippen molar-refractivity contribution < 1.29 is 18.3 Å². The molecule has 0 bridgehead atoms. The van der Waals surface area contributed by atoms with Gasteiger partial charge >= 0.3 is 5.97 Å².